The smallest absolute Gasteiger partial charge is 0.418 e. The minimum atomic E-state index is -4.60. The molecule has 0 aliphatic heterocycles. The molecule has 0 saturated heterocycles. The van der Waals surface area contributed by atoms with Crippen LogP contribution in [0.25, 0.3) is 0 Å². The first-order chi connectivity index (χ1) is 13.6. The second-order valence-electron chi connectivity index (χ2n) is 6.10. The molecule has 0 bridgehead atoms. The molecule has 0 aromatic heterocycles. The number of anilines is 1. The molecule has 0 aliphatic carbocycles. The second kappa shape index (κ2) is 9.75. The van der Waals surface area contributed by atoms with E-state index in [2.05, 4.69) is 10.0 Å². The Kier molecular flexibility index (Phi) is 7.63. The zero-order valence-corrected chi connectivity index (χ0v) is 16.4. The zero-order chi connectivity index (χ0) is 21.5. The predicted molar refractivity (Wildman–Crippen MR) is 102 cm³/mol. The van der Waals surface area contributed by atoms with Crippen molar-refractivity contribution in [1.29, 1.82) is 0 Å². The summed E-state index contributed by atoms with van der Waals surface area (Å²) < 4.78 is 70.7. The van der Waals surface area contributed by atoms with E-state index in [-0.39, 0.29) is 16.3 Å². The van der Waals surface area contributed by atoms with Crippen LogP contribution in [0.2, 0.25) is 0 Å². The van der Waals surface area contributed by atoms with Crippen molar-refractivity contribution < 1.29 is 31.1 Å². The Morgan fingerprint density at radius 2 is 1.72 bits per heavy atom. The number of unbranched alkanes of at least 4 members (excludes halogenated alkanes) is 1. The lowest BCUT2D eigenvalue weighted by Crippen LogP contribution is -2.24. The number of nitrogens with one attached hydrogen (secondary N) is 2. The van der Waals surface area contributed by atoms with Crippen molar-refractivity contribution in [2.75, 3.05) is 18.5 Å². The van der Waals surface area contributed by atoms with Crippen LogP contribution in [0.3, 0.4) is 0 Å². The van der Waals surface area contributed by atoms with Gasteiger partial charge in [0, 0.05) is 6.54 Å². The van der Waals surface area contributed by atoms with E-state index in [4.69, 9.17) is 4.74 Å². The molecule has 0 fully saturated rings. The SMILES string of the molecule is CCCCNS(=O)(=O)c1ccc(OCC(=O)Nc2ccccc2C(F)(F)F)cc1. The van der Waals surface area contributed by atoms with Crippen LogP contribution in [0, 0.1) is 0 Å². The van der Waals surface area contributed by atoms with E-state index >= 15 is 0 Å². The van der Waals surface area contributed by atoms with Crippen LogP contribution in [0.4, 0.5) is 18.9 Å². The van der Waals surface area contributed by atoms with Gasteiger partial charge in [-0.25, -0.2) is 13.1 Å². The summed E-state index contributed by atoms with van der Waals surface area (Å²) in [4.78, 5) is 12.0. The number of sulfonamides is 1. The summed E-state index contributed by atoms with van der Waals surface area (Å²) in [7, 11) is -3.63. The number of alkyl halides is 3. The molecule has 0 atom stereocenters. The van der Waals surface area contributed by atoms with E-state index in [0.29, 0.717) is 13.0 Å². The van der Waals surface area contributed by atoms with E-state index in [1.54, 1.807) is 0 Å². The van der Waals surface area contributed by atoms with Gasteiger partial charge in [0.15, 0.2) is 6.61 Å². The number of hydrogen-bond donors (Lipinski definition) is 2. The number of para-hydroxylation sites is 1. The summed E-state index contributed by atoms with van der Waals surface area (Å²) in [5, 5.41) is 2.16. The summed E-state index contributed by atoms with van der Waals surface area (Å²) in [6.07, 6.45) is -3.03. The summed E-state index contributed by atoms with van der Waals surface area (Å²) in [5.41, 5.74) is -1.33. The standard InChI is InChI=1S/C19H21F3N2O4S/c1-2-3-12-23-29(26,27)15-10-8-14(9-11-15)28-13-18(25)24-17-7-5-4-6-16(17)19(20,21)22/h4-11,23H,2-3,12-13H2,1H3,(H,24,25). The van der Waals surface area contributed by atoms with Gasteiger partial charge in [-0.2, -0.15) is 13.2 Å². The highest BCUT2D eigenvalue weighted by molar-refractivity contribution is 7.89. The number of ether oxygens (including phenoxy) is 1. The average molecular weight is 430 g/mol. The number of amides is 1. The van der Waals surface area contributed by atoms with E-state index < -0.39 is 34.3 Å². The van der Waals surface area contributed by atoms with E-state index in [1.165, 1.54) is 36.4 Å². The monoisotopic (exact) mass is 430 g/mol. The lowest BCUT2D eigenvalue weighted by Gasteiger charge is -2.14. The molecule has 0 spiro atoms. The molecular formula is C19H21F3N2O4S. The molecule has 2 N–H and O–H groups in total. The van der Waals surface area contributed by atoms with Gasteiger partial charge in [-0.1, -0.05) is 25.5 Å². The first-order valence-corrected chi connectivity index (χ1v) is 10.3. The Morgan fingerprint density at radius 1 is 1.07 bits per heavy atom. The zero-order valence-electron chi connectivity index (χ0n) is 15.6. The van der Waals surface area contributed by atoms with Gasteiger partial charge in [-0.3, -0.25) is 4.79 Å². The fourth-order valence-corrected chi connectivity index (χ4v) is 3.43. The topological polar surface area (TPSA) is 84.5 Å². The highest BCUT2D eigenvalue weighted by Gasteiger charge is 2.33. The van der Waals surface area contributed by atoms with E-state index in [1.807, 2.05) is 6.92 Å². The molecule has 1 amide bonds. The van der Waals surface area contributed by atoms with Gasteiger partial charge in [0.2, 0.25) is 10.0 Å². The second-order valence-corrected chi connectivity index (χ2v) is 7.87. The van der Waals surface area contributed by atoms with Gasteiger partial charge >= 0.3 is 6.18 Å². The third-order valence-corrected chi connectivity index (χ3v) is 5.31. The molecule has 29 heavy (non-hydrogen) atoms. The van der Waals surface area contributed by atoms with Crippen molar-refractivity contribution in [3.63, 3.8) is 0 Å². The number of benzene rings is 2. The molecule has 0 saturated carbocycles. The molecule has 2 aromatic rings. The summed E-state index contributed by atoms with van der Waals surface area (Å²) in [6, 6.07) is 9.98. The molecule has 2 aromatic carbocycles. The summed E-state index contributed by atoms with van der Waals surface area (Å²) in [5.74, 6) is -0.573. The maximum atomic E-state index is 12.9. The largest absolute Gasteiger partial charge is 0.484 e. The molecule has 0 aliphatic rings. The van der Waals surface area contributed by atoms with Crippen molar-refractivity contribution in [3.8, 4) is 5.75 Å². The van der Waals surface area contributed by atoms with Crippen molar-refractivity contribution in [1.82, 2.24) is 4.72 Å². The van der Waals surface area contributed by atoms with Gasteiger partial charge in [0.25, 0.3) is 5.91 Å². The first-order valence-electron chi connectivity index (χ1n) is 8.82. The van der Waals surface area contributed by atoms with Crippen LogP contribution < -0.4 is 14.8 Å². The van der Waals surface area contributed by atoms with Crippen LogP contribution >= 0.6 is 0 Å². The minimum absolute atomic E-state index is 0.0458. The van der Waals surface area contributed by atoms with Crippen LogP contribution in [0.15, 0.2) is 53.4 Å². The predicted octanol–water partition coefficient (Wildman–Crippen LogP) is 3.80. The molecule has 0 heterocycles. The lowest BCUT2D eigenvalue weighted by molar-refractivity contribution is -0.137. The molecule has 158 valence electrons. The summed E-state index contributed by atoms with van der Waals surface area (Å²) in [6.45, 7) is 1.74. The fraction of sp³-hybridized carbons (Fsp3) is 0.316. The van der Waals surface area contributed by atoms with Crippen LogP contribution in [-0.4, -0.2) is 27.5 Å². The average Bonchev–Trinajstić information content (AvgIpc) is 2.66. The Bertz CT molecular complexity index is 929. The minimum Gasteiger partial charge on any atom is -0.484 e. The van der Waals surface area contributed by atoms with Crippen LogP contribution in [0.5, 0.6) is 5.75 Å². The third-order valence-electron chi connectivity index (χ3n) is 3.83. The molecule has 2 rings (SSSR count). The number of carbonyl (C=O) groups excluding carboxylic acids is 1. The Labute approximate surface area is 167 Å². The molecule has 6 nitrogen and oxygen atoms in total. The normalized spacial score (nSPS) is 11.9. The van der Waals surface area contributed by atoms with Crippen molar-refractivity contribution in [3.05, 3.63) is 54.1 Å². The number of rotatable bonds is 9. The first kappa shape index (κ1) is 22.7. The molecule has 0 unspecified atom stereocenters. The van der Waals surface area contributed by atoms with Gasteiger partial charge in [-0.15, -0.1) is 0 Å². The van der Waals surface area contributed by atoms with Gasteiger partial charge in [-0.05, 0) is 42.8 Å². The van der Waals surface area contributed by atoms with Crippen LogP contribution in [-0.2, 0) is 21.0 Å². The van der Waals surface area contributed by atoms with Crippen molar-refractivity contribution in [2.45, 2.75) is 30.8 Å². The highest BCUT2D eigenvalue weighted by atomic mass is 32.2. The van der Waals surface area contributed by atoms with Crippen molar-refractivity contribution >= 4 is 21.6 Å². The molecule has 0 radical (unpaired) electrons. The number of carbonyl (C=O) groups is 1. The number of halogens is 3. The van der Waals surface area contributed by atoms with E-state index in [9.17, 15) is 26.4 Å². The van der Waals surface area contributed by atoms with Gasteiger partial charge < -0.3 is 10.1 Å². The molecule has 10 heteroatoms. The van der Waals surface area contributed by atoms with E-state index in [0.717, 1.165) is 18.6 Å². The Hall–Kier alpha value is -2.59. The Morgan fingerprint density at radius 3 is 2.34 bits per heavy atom. The maximum Gasteiger partial charge on any atom is 0.418 e. The lowest BCUT2D eigenvalue weighted by atomic mass is 10.1. The highest BCUT2D eigenvalue weighted by Crippen LogP contribution is 2.34. The van der Waals surface area contributed by atoms with Gasteiger partial charge in [0.05, 0.1) is 16.1 Å². The fourth-order valence-electron chi connectivity index (χ4n) is 2.36. The van der Waals surface area contributed by atoms with Crippen LogP contribution in [0.1, 0.15) is 25.3 Å². The molecular weight excluding hydrogens is 409 g/mol. The quantitative estimate of drug-likeness (QED) is 0.593. The third kappa shape index (κ3) is 6.75. The Balaban J connectivity index is 1.95. The van der Waals surface area contributed by atoms with Crippen molar-refractivity contribution in [2.24, 2.45) is 0 Å². The summed E-state index contributed by atoms with van der Waals surface area (Å²) >= 11 is 0. The number of hydrogen-bond acceptors (Lipinski definition) is 4. The van der Waals surface area contributed by atoms with Gasteiger partial charge in [0.1, 0.15) is 5.75 Å². The maximum absolute atomic E-state index is 12.9.